The number of aliphatic hydroxyl groups is 1. The van der Waals surface area contributed by atoms with Gasteiger partial charge in [-0.25, -0.2) is 0 Å². The lowest BCUT2D eigenvalue weighted by atomic mass is 10.1. The Bertz CT molecular complexity index is 377. The van der Waals surface area contributed by atoms with Gasteiger partial charge in [-0.2, -0.15) is 0 Å². The predicted molar refractivity (Wildman–Crippen MR) is 68.6 cm³/mol. The van der Waals surface area contributed by atoms with Crippen molar-refractivity contribution in [2.75, 3.05) is 6.61 Å². The summed E-state index contributed by atoms with van der Waals surface area (Å²) < 4.78 is 0. The quantitative estimate of drug-likeness (QED) is 0.439. The van der Waals surface area contributed by atoms with Gasteiger partial charge in [-0.3, -0.25) is 15.7 Å². The number of aliphatic hydroxyl groups excluding tert-OH is 1. The van der Waals surface area contributed by atoms with E-state index in [1.54, 1.807) is 24.3 Å². The molecule has 94 valence electrons. The number of hydrogen-bond donors (Lipinski definition) is 3. The molecule has 0 aliphatic carbocycles. The molecule has 0 amide bonds. The van der Waals surface area contributed by atoms with Crippen molar-refractivity contribution in [1.82, 2.24) is 5.48 Å². The molecule has 3 N–H and O–H groups in total. The Morgan fingerprint density at radius 3 is 2.35 bits per heavy atom. The molecule has 17 heavy (non-hydrogen) atoms. The van der Waals surface area contributed by atoms with Crippen LogP contribution in [-0.2, 0) is 0 Å². The molecule has 0 heterocycles. The highest BCUT2D eigenvalue weighted by Crippen LogP contribution is 2.12. The van der Waals surface area contributed by atoms with Crippen LogP contribution >= 0.6 is 11.6 Å². The molecular weight excluding hydrogens is 240 g/mol. The lowest BCUT2D eigenvalue weighted by Gasteiger charge is -2.15. The minimum Gasteiger partial charge on any atom is -0.394 e. The van der Waals surface area contributed by atoms with Gasteiger partial charge in [-0.05, 0) is 30.2 Å². The van der Waals surface area contributed by atoms with E-state index in [2.05, 4.69) is 10.5 Å². The van der Waals surface area contributed by atoms with Crippen molar-refractivity contribution in [2.24, 2.45) is 10.9 Å². The third kappa shape index (κ3) is 4.00. The van der Waals surface area contributed by atoms with E-state index in [-0.39, 0.29) is 18.6 Å². The van der Waals surface area contributed by atoms with Gasteiger partial charge in [0.15, 0.2) is 5.84 Å². The van der Waals surface area contributed by atoms with E-state index in [1.165, 1.54) is 0 Å². The molecule has 1 rings (SSSR count). The first-order valence-corrected chi connectivity index (χ1v) is 5.81. The Morgan fingerprint density at radius 1 is 1.35 bits per heavy atom. The standard InChI is InChI=1S/C12H17ClN2O2/c1-8(2)11(7-16)14-12(15-17)9-3-5-10(13)6-4-9/h3-6,8,11,16-17H,7H2,1-2H3,(H,14,15). The average Bonchev–Trinajstić information content (AvgIpc) is 2.32. The summed E-state index contributed by atoms with van der Waals surface area (Å²) in [4.78, 5) is 4.27. The Kier molecular flexibility index (Phi) is 5.41. The summed E-state index contributed by atoms with van der Waals surface area (Å²) in [6.07, 6.45) is 0. The molecule has 1 aromatic rings. The zero-order chi connectivity index (χ0) is 12.8. The highest BCUT2D eigenvalue weighted by atomic mass is 35.5. The number of hydroxylamine groups is 1. The van der Waals surface area contributed by atoms with Gasteiger partial charge in [-0.1, -0.05) is 25.4 Å². The van der Waals surface area contributed by atoms with Crippen LogP contribution < -0.4 is 5.48 Å². The summed E-state index contributed by atoms with van der Waals surface area (Å²) in [5, 5.41) is 18.9. The normalized spacial score (nSPS) is 13.9. The molecule has 0 saturated heterocycles. The molecule has 0 aliphatic rings. The van der Waals surface area contributed by atoms with Crippen LogP contribution in [0.1, 0.15) is 19.4 Å². The van der Waals surface area contributed by atoms with E-state index in [1.807, 2.05) is 13.8 Å². The lowest BCUT2D eigenvalue weighted by Crippen LogP contribution is -2.27. The Balaban J connectivity index is 2.97. The Morgan fingerprint density at radius 2 is 1.94 bits per heavy atom. The second-order valence-corrected chi connectivity index (χ2v) is 4.53. The predicted octanol–water partition coefficient (Wildman–Crippen LogP) is 2.08. The van der Waals surface area contributed by atoms with Crippen LogP contribution in [0, 0.1) is 5.92 Å². The molecule has 4 nitrogen and oxygen atoms in total. The van der Waals surface area contributed by atoms with E-state index < -0.39 is 0 Å². The van der Waals surface area contributed by atoms with Crippen LogP contribution in [0.5, 0.6) is 0 Å². The molecule has 0 aliphatic heterocycles. The fraction of sp³-hybridized carbons (Fsp3) is 0.417. The summed E-state index contributed by atoms with van der Waals surface area (Å²) in [5.74, 6) is 0.519. The van der Waals surface area contributed by atoms with Crippen LogP contribution in [0.4, 0.5) is 0 Å². The monoisotopic (exact) mass is 256 g/mol. The molecule has 0 aromatic heterocycles. The van der Waals surface area contributed by atoms with Crippen LogP contribution in [0.25, 0.3) is 0 Å². The zero-order valence-corrected chi connectivity index (χ0v) is 10.6. The number of rotatable bonds is 4. The molecule has 5 heteroatoms. The Labute approximate surface area is 106 Å². The SMILES string of the molecule is CC(C)C(CO)N=C(NO)c1ccc(Cl)cc1. The van der Waals surface area contributed by atoms with Gasteiger partial charge in [0, 0.05) is 10.6 Å². The first-order valence-electron chi connectivity index (χ1n) is 5.43. The van der Waals surface area contributed by atoms with E-state index >= 15 is 0 Å². The van der Waals surface area contributed by atoms with Crippen molar-refractivity contribution >= 4 is 17.4 Å². The summed E-state index contributed by atoms with van der Waals surface area (Å²) >= 11 is 5.78. The number of hydrogen-bond acceptors (Lipinski definition) is 3. The van der Waals surface area contributed by atoms with Crippen molar-refractivity contribution in [3.63, 3.8) is 0 Å². The largest absolute Gasteiger partial charge is 0.394 e. The maximum absolute atomic E-state index is 9.19. The average molecular weight is 257 g/mol. The molecule has 0 fully saturated rings. The summed E-state index contributed by atoms with van der Waals surface area (Å²) in [6, 6.07) is 6.68. The topological polar surface area (TPSA) is 64.9 Å². The second kappa shape index (κ2) is 6.59. The first kappa shape index (κ1) is 14.0. The van der Waals surface area contributed by atoms with Crippen molar-refractivity contribution in [3.05, 3.63) is 34.9 Å². The minimum absolute atomic E-state index is 0.0591. The molecule has 0 radical (unpaired) electrons. The van der Waals surface area contributed by atoms with Crippen LogP contribution in [0.3, 0.4) is 0 Å². The minimum atomic E-state index is -0.250. The number of halogens is 1. The molecule has 1 aromatic carbocycles. The van der Waals surface area contributed by atoms with Gasteiger partial charge in [0.1, 0.15) is 0 Å². The van der Waals surface area contributed by atoms with E-state index in [0.29, 0.717) is 10.9 Å². The third-order valence-electron chi connectivity index (χ3n) is 2.48. The van der Waals surface area contributed by atoms with Gasteiger partial charge < -0.3 is 5.11 Å². The fourth-order valence-corrected chi connectivity index (χ4v) is 1.47. The maximum atomic E-state index is 9.19. The Hall–Kier alpha value is -1.10. The third-order valence-corrected chi connectivity index (χ3v) is 2.73. The van der Waals surface area contributed by atoms with Gasteiger partial charge in [0.2, 0.25) is 0 Å². The van der Waals surface area contributed by atoms with Crippen molar-refractivity contribution < 1.29 is 10.3 Å². The number of nitrogens with zero attached hydrogens (tertiary/aromatic N) is 1. The number of amidine groups is 1. The smallest absolute Gasteiger partial charge is 0.152 e. The van der Waals surface area contributed by atoms with Gasteiger partial charge in [0.25, 0.3) is 0 Å². The summed E-state index contributed by atoms with van der Waals surface area (Å²) in [7, 11) is 0. The highest BCUT2D eigenvalue weighted by molar-refractivity contribution is 6.30. The van der Waals surface area contributed by atoms with Crippen LogP contribution in [-0.4, -0.2) is 28.8 Å². The van der Waals surface area contributed by atoms with Crippen LogP contribution in [0.2, 0.25) is 5.02 Å². The van der Waals surface area contributed by atoms with Gasteiger partial charge in [-0.15, -0.1) is 0 Å². The van der Waals surface area contributed by atoms with E-state index in [4.69, 9.17) is 16.8 Å². The van der Waals surface area contributed by atoms with Crippen molar-refractivity contribution in [3.8, 4) is 0 Å². The lowest BCUT2D eigenvalue weighted by molar-refractivity contribution is 0.224. The van der Waals surface area contributed by atoms with Crippen LogP contribution in [0.15, 0.2) is 29.3 Å². The molecule has 0 saturated carbocycles. The summed E-state index contributed by atoms with van der Waals surface area (Å²) in [6.45, 7) is 3.86. The van der Waals surface area contributed by atoms with Gasteiger partial charge in [0.05, 0.1) is 12.6 Å². The zero-order valence-electron chi connectivity index (χ0n) is 9.89. The maximum Gasteiger partial charge on any atom is 0.152 e. The molecule has 1 atom stereocenters. The van der Waals surface area contributed by atoms with E-state index in [0.717, 1.165) is 5.56 Å². The molecule has 0 spiro atoms. The number of aliphatic imine (C=N–C) groups is 1. The van der Waals surface area contributed by atoms with E-state index in [9.17, 15) is 5.11 Å². The molecule has 1 unspecified atom stereocenters. The van der Waals surface area contributed by atoms with Gasteiger partial charge >= 0.3 is 0 Å². The molecule has 0 bridgehead atoms. The molecular formula is C12H17ClN2O2. The fourth-order valence-electron chi connectivity index (χ4n) is 1.34. The second-order valence-electron chi connectivity index (χ2n) is 4.09. The number of nitrogens with one attached hydrogen (secondary N) is 1. The van der Waals surface area contributed by atoms with Crippen molar-refractivity contribution in [1.29, 1.82) is 0 Å². The van der Waals surface area contributed by atoms with Crippen molar-refractivity contribution in [2.45, 2.75) is 19.9 Å². The summed E-state index contributed by atoms with van der Waals surface area (Å²) in [5.41, 5.74) is 2.77. The highest BCUT2D eigenvalue weighted by Gasteiger charge is 2.12. The first-order chi connectivity index (χ1) is 8.08. The number of benzene rings is 1.